The average Bonchev–Trinajstić information content (AvgIpc) is 3.29. The molecule has 4 aliphatic rings. The number of aliphatic hydroxyl groups excluding tert-OH is 1. The van der Waals surface area contributed by atoms with E-state index < -0.39 is 35.1 Å². The number of nitrogens with zero attached hydrogens (tertiary/aromatic N) is 3. The van der Waals surface area contributed by atoms with E-state index in [1.54, 1.807) is 14.7 Å². The van der Waals surface area contributed by atoms with Crippen LogP contribution in [0.15, 0.2) is 85.0 Å². The number of rotatable bonds is 7. The molecule has 42 heavy (non-hydrogen) atoms. The first kappa shape index (κ1) is 28.4. The van der Waals surface area contributed by atoms with Crippen LogP contribution in [-0.2, 0) is 25.7 Å². The Balaban J connectivity index is 1.49. The minimum Gasteiger partial charge on any atom is -0.394 e. The lowest BCUT2D eigenvalue weighted by atomic mass is 9.73. The zero-order valence-electron chi connectivity index (χ0n) is 24.4. The predicted octanol–water partition coefficient (Wildman–Crippen LogP) is 3.57. The van der Waals surface area contributed by atoms with Crippen molar-refractivity contribution in [1.29, 1.82) is 0 Å². The average molecular weight is 570 g/mol. The number of hydrogen-bond donors (Lipinski definition) is 1. The second kappa shape index (κ2) is 10.8. The molecule has 4 heterocycles. The smallest absolute Gasteiger partial charge is 0.249 e. The Morgan fingerprint density at radius 1 is 0.881 bits per heavy atom. The van der Waals surface area contributed by atoms with E-state index in [1.807, 2.05) is 106 Å². The second-order valence-corrected chi connectivity index (χ2v) is 12.2. The number of benzene rings is 2. The highest BCUT2D eigenvalue weighted by molar-refractivity contribution is 6.04. The highest BCUT2D eigenvalue weighted by atomic mass is 16.5. The lowest BCUT2D eigenvalue weighted by Crippen LogP contribution is -2.59. The first-order valence-corrected chi connectivity index (χ1v) is 15.0. The van der Waals surface area contributed by atoms with Gasteiger partial charge in [0.15, 0.2) is 0 Å². The number of hydrogen-bond acceptors (Lipinski definition) is 5. The summed E-state index contributed by atoms with van der Waals surface area (Å²) in [5.74, 6) is -2.64. The maximum Gasteiger partial charge on any atom is 0.249 e. The lowest BCUT2D eigenvalue weighted by Gasteiger charge is -2.41. The van der Waals surface area contributed by atoms with Crippen LogP contribution in [0.1, 0.15) is 32.8 Å². The Morgan fingerprint density at radius 2 is 1.55 bits per heavy atom. The van der Waals surface area contributed by atoms with E-state index in [9.17, 15) is 19.5 Å². The molecule has 6 atom stereocenters. The minimum absolute atomic E-state index is 0.126. The molecular weight excluding hydrogens is 530 g/mol. The molecule has 1 N–H and O–H groups in total. The number of anilines is 1. The fraction of sp³-hybridized carbons (Fsp3) is 0.441. The first-order chi connectivity index (χ1) is 20.3. The zero-order valence-corrected chi connectivity index (χ0v) is 24.4. The van der Waals surface area contributed by atoms with E-state index in [4.69, 9.17) is 4.74 Å². The van der Waals surface area contributed by atoms with Gasteiger partial charge in [0.05, 0.1) is 30.1 Å². The van der Waals surface area contributed by atoms with Crippen molar-refractivity contribution >= 4 is 23.4 Å². The molecule has 0 bridgehead atoms. The summed E-state index contributed by atoms with van der Waals surface area (Å²) in [6.45, 7) is 6.61. The van der Waals surface area contributed by atoms with Gasteiger partial charge in [0.1, 0.15) is 11.6 Å². The van der Waals surface area contributed by atoms with Gasteiger partial charge < -0.3 is 24.5 Å². The third-order valence-electron chi connectivity index (χ3n) is 9.56. The van der Waals surface area contributed by atoms with Crippen molar-refractivity contribution in [2.75, 3.05) is 24.6 Å². The van der Waals surface area contributed by atoms with Gasteiger partial charge in [-0.2, -0.15) is 0 Å². The van der Waals surface area contributed by atoms with E-state index in [-0.39, 0.29) is 30.2 Å². The molecule has 8 heteroatoms. The quantitative estimate of drug-likeness (QED) is 0.515. The van der Waals surface area contributed by atoms with Crippen molar-refractivity contribution in [3.8, 4) is 0 Å². The molecule has 6 rings (SSSR count). The normalized spacial score (nSPS) is 31.2. The SMILES string of the molecule is CC[C@@]12C=CCN(c3ccccc3)C(=O)[C@@H]1[C@H]1C(=O)N([C@@H](CO)C(C)C)C3C(=O)N(Cc4ccccc4)CC=C[C@@]31O2. The van der Waals surface area contributed by atoms with Gasteiger partial charge in [-0.15, -0.1) is 0 Å². The summed E-state index contributed by atoms with van der Waals surface area (Å²) in [6, 6.07) is 17.6. The van der Waals surface area contributed by atoms with Crippen molar-refractivity contribution in [3.05, 3.63) is 90.5 Å². The molecule has 2 aromatic rings. The molecular formula is C34H39N3O5. The van der Waals surface area contributed by atoms with Crippen molar-refractivity contribution in [2.45, 2.75) is 57.0 Å². The van der Waals surface area contributed by atoms with Crippen molar-refractivity contribution < 1.29 is 24.2 Å². The summed E-state index contributed by atoms with van der Waals surface area (Å²) in [6.07, 6.45) is 8.13. The van der Waals surface area contributed by atoms with Crippen LogP contribution in [0.5, 0.6) is 0 Å². The summed E-state index contributed by atoms with van der Waals surface area (Å²) in [4.78, 5) is 48.9. The third kappa shape index (κ3) is 4.23. The molecule has 4 aliphatic heterocycles. The maximum absolute atomic E-state index is 14.7. The van der Waals surface area contributed by atoms with Crippen LogP contribution in [-0.4, -0.2) is 75.6 Å². The second-order valence-electron chi connectivity index (χ2n) is 12.2. The number of likely N-dealkylation sites (tertiary alicyclic amines) is 1. The highest BCUT2D eigenvalue weighted by Crippen LogP contribution is 2.59. The van der Waals surface area contributed by atoms with Gasteiger partial charge in [0, 0.05) is 25.3 Å². The molecule has 0 aliphatic carbocycles. The number of para-hydroxylation sites is 1. The molecule has 1 unspecified atom stereocenters. The summed E-state index contributed by atoms with van der Waals surface area (Å²) < 4.78 is 7.06. The van der Waals surface area contributed by atoms with Crippen LogP contribution in [0.4, 0.5) is 5.69 Å². The number of carbonyl (C=O) groups excluding carboxylic acids is 3. The van der Waals surface area contributed by atoms with Crippen molar-refractivity contribution in [3.63, 3.8) is 0 Å². The summed E-state index contributed by atoms with van der Waals surface area (Å²) in [7, 11) is 0. The summed E-state index contributed by atoms with van der Waals surface area (Å²) in [5.41, 5.74) is -0.695. The Kier molecular flexibility index (Phi) is 7.31. The van der Waals surface area contributed by atoms with E-state index >= 15 is 0 Å². The van der Waals surface area contributed by atoms with E-state index in [1.165, 1.54) is 0 Å². The maximum atomic E-state index is 14.7. The summed E-state index contributed by atoms with van der Waals surface area (Å²) in [5, 5.41) is 10.5. The van der Waals surface area contributed by atoms with Crippen LogP contribution >= 0.6 is 0 Å². The Hall–Kier alpha value is -3.75. The number of fused-ring (bicyclic) bond motifs is 2. The highest BCUT2D eigenvalue weighted by Gasteiger charge is 2.76. The van der Waals surface area contributed by atoms with Gasteiger partial charge >= 0.3 is 0 Å². The topological polar surface area (TPSA) is 90.4 Å². The van der Waals surface area contributed by atoms with E-state index in [0.717, 1.165) is 11.3 Å². The van der Waals surface area contributed by atoms with E-state index in [0.29, 0.717) is 26.1 Å². The molecule has 0 aromatic heterocycles. The van der Waals surface area contributed by atoms with Gasteiger partial charge in [-0.3, -0.25) is 14.4 Å². The minimum atomic E-state index is -1.36. The lowest BCUT2D eigenvalue weighted by molar-refractivity contribution is -0.157. The van der Waals surface area contributed by atoms with Gasteiger partial charge in [-0.25, -0.2) is 0 Å². The molecule has 1 spiro atoms. The Bertz CT molecular complexity index is 1410. The van der Waals surface area contributed by atoms with Crippen molar-refractivity contribution in [1.82, 2.24) is 9.80 Å². The third-order valence-corrected chi connectivity index (χ3v) is 9.56. The van der Waals surface area contributed by atoms with Crippen LogP contribution in [0, 0.1) is 17.8 Å². The monoisotopic (exact) mass is 569 g/mol. The molecule has 2 aromatic carbocycles. The van der Waals surface area contributed by atoms with Crippen LogP contribution in [0.25, 0.3) is 0 Å². The predicted molar refractivity (Wildman–Crippen MR) is 159 cm³/mol. The van der Waals surface area contributed by atoms with Crippen LogP contribution < -0.4 is 4.90 Å². The molecule has 0 saturated carbocycles. The van der Waals surface area contributed by atoms with Crippen molar-refractivity contribution in [2.24, 2.45) is 17.8 Å². The van der Waals surface area contributed by atoms with E-state index in [2.05, 4.69) is 0 Å². The molecule has 0 radical (unpaired) electrons. The number of amides is 3. The Morgan fingerprint density at radius 3 is 2.19 bits per heavy atom. The standard InChI is InChI=1S/C34H39N3O5/c1-4-33-17-11-20-36(25-15-9-6-10-16-25)30(39)27(33)28-31(40)37(26(22-38)23(2)3)29-32(41)35(19-12-18-34(28,29)42-33)21-24-13-7-5-8-14-24/h5-18,23,26-29,38H,4,19-22H2,1-3H3/t26-,27-,28-,29?,33+,34-/m0/s1. The number of aliphatic hydroxyl groups is 1. The van der Waals surface area contributed by atoms with Crippen LogP contribution in [0.3, 0.4) is 0 Å². The summed E-state index contributed by atoms with van der Waals surface area (Å²) >= 11 is 0. The molecule has 3 amide bonds. The Labute approximate surface area is 247 Å². The first-order valence-electron chi connectivity index (χ1n) is 15.0. The van der Waals surface area contributed by atoms with Crippen LogP contribution in [0.2, 0.25) is 0 Å². The van der Waals surface area contributed by atoms with Gasteiger partial charge in [-0.1, -0.05) is 93.6 Å². The van der Waals surface area contributed by atoms with Gasteiger partial charge in [0.2, 0.25) is 17.7 Å². The molecule has 8 nitrogen and oxygen atoms in total. The fourth-order valence-electron chi connectivity index (χ4n) is 7.51. The fourth-order valence-corrected chi connectivity index (χ4v) is 7.51. The zero-order chi connectivity index (χ0) is 29.6. The molecule has 220 valence electrons. The molecule has 2 fully saturated rings. The van der Waals surface area contributed by atoms with Gasteiger partial charge in [0.25, 0.3) is 0 Å². The molecule has 2 saturated heterocycles. The number of ether oxygens (including phenoxy) is 1. The van der Waals surface area contributed by atoms with Gasteiger partial charge in [-0.05, 0) is 30.0 Å². The number of carbonyl (C=O) groups is 3. The largest absolute Gasteiger partial charge is 0.394 e.